The third-order valence-corrected chi connectivity index (χ3v) is 2.65. The highest BCUT2D eigenvalue weighted by Gasteiger charge is 2.07. The lowest BCUT2D eigenvalue weighted by atomic mass is 10.2. The normalized spacial score (nSPS) is 10.3. The van der Waals surface area contributed by atoms with Crippen LogP contribution in [0.25, 0.3) is 0 Å². The Balaban J connectivity index is 2.21. The summed E-state index contributed by atoms with van der Waals surface area (Å²) in [4.78, 5) is 4.15. The summed E-state index contributed by atoms with van der Waals surface area (Å²) in [5.41, 5.74) is 7.05. The predicted octanol–water partition coefficient (Wildman–Crippen LogP) is 1.83. The van der Waals surface area contributed by atoms with Gasteiger partial charge >= 0.3 is 0 Å². The number of aliphatic hydroxyl groups is 1. The molecule has 19 heavy (non-hydrogen) atoms. The Bertz CT molecular complexity index is 541. The molecule has 1 aromatic heterocycles. The third-order valence-electron chi connectivity index (χ3n) is 2.65. The molecule has 0 aliphatic heterocycles. The van der Waals surface area contributed by atoms with Gasteiger partial charge in [-0.2, -0.15) is 0 Å². The topological polar surface area (TPSA) is 77.6 Å². The number of aliphatic hydroxyl groups excluding tert-OH is 1. The smallest absolute Gasteiger partial charge is 0.169 e. The maximum atomic E-state index is 9.08. The molecule has 2 rings (SSSR count). The second-order valence-corrected chi connectivity index (χ2v) is 3.93. The van der Waals surface area contributed by atoms with Gasteiger partial charge in [-0.05, 0) is 29.8 Å². The Hall–Kier alpha value is -2.11. The number of hydrogen-bond donors (Lipinski definition) is 2. The van der Waals surface area contributed by atoms with Crippen LogP contribution >= 0.6 is 0 Å². The van der Waals surface area contributed by atoms with E-state index in [1.165, 1.54) is 0 Å². The van der Waals surface area contributed by atoms with Gasteiger partial charge in [0.2, 0.25) is 0 Å². The van der Waals surface area contributed by atoms with Gasteiger partial charge in [-0.15, -0.1) is 0 Å². The van der Waals surface area contributed by atoms with Crippen molar-refractivity contribution in [3.05, 3.63) is 47.8 Å². The molecule has 1 heterocycles. The molecule has 0 bridgehead atoms. The fourth-order valence-corrected chi connectivity index (χ4v) is 1.61. The molecule has 1 aromatic carbocycles. The molecule has 0 radical (unpaired) electrons. The van der Waals surface area contributed by atoms with Gasteiger partial charge in [0.15, 0.2) is 11.5 Å². The molecular weight excluding hydrogens is 244 g/mol. The van der Waals surface area contributed by atoms with E-state index in [-0.39, 0.29) is 6.61 Å². The van der Waals surface area contributed by atoms with Crippen LogP contribution in [0.3, 0.4) is 0 Å². The van der Waals surface area contributed by atoms with Gasteiger partial charge < -0.3 is 20.3 Å². The van der Waals surface area contributed by atoms with Crippen LogP contribution < -0.4 is 15.2 Å². The number of ether oxygens (including phenoxy) is 2. The Labute approximate surface area is 111 Å². The van der Waals surface area contributed by atoms with E-state index in [1.807, 2.05) is 6.07 Å². The minimum Gasteiger partial charge on any atom is -0.493 e. The van der Waals surface area contributed by atoms with E-state index >= 15 is 0 Å². The van der Waals surface area contributed by atoms with Crippen LogP contribution in [-0.4, -0.2) is 17.2 Å². The Morgan fingerprint density at radius 2 is 2.05 bits per heavy atom. The Kier molecular flexibility index (Phi) is 4.33. The molecule has 0 saturated heterocycles. The summed E-state index contributed by atoms with van der Waals surface area (Å²) in [5.74, 6) is 1.74. The number of aromatic nitrogens is 1. The highest BCUT2D eigenvalue weighted by atomic mass is 16.5. The molecule has 0 spiro atoms. The lowest BCUT2D eigenvalue weighted by molar-refractivity contribution is 0.280. The number of nitrogens with two attached hydrogens (primary N) is 1. The molecule has 0 atom stereocenters. The first-order valence-corrected chi connectivity index (χ1v) is 5.87. The summed E-state index contributed by atoms with van der Waals surface area (Å²) in [5, 5.41) is 9.08. The van der Waals surface area contributed by atoms with E-state index in [9.17, 15) is 0 Å². The first kappa shape index (κ1) is 13.3. The van der Waals surface area contributed by atoms with Gasteiger partial charge in [0.05, 0.1) is 25.6 Å². The van der Waals surface area contributed by atoms with Crippen LogP contribution in [0.1, 0.15) is 11.3 Å². The highest BCUT2D eigenvalue weighted by molar-refractivity contribution is 5.45. The first-order valence-electron chi connectivity index (χ1n) is 5.87. The van der Waals surface area contributed by atoms with E-state index in [0.717, 1.165) is 11.3 Å². The van der Waals surface area contributed by atoms with Crippen molar-refractivity contribution in [1.29, 1.82) is 0 Å². The van der Waals surface area contributed by atoms with E-state index < -0.39 is 0 Å². The largest absolute Gasteiger partial charge is 0.493 e. The SMILES string of the molecule is COc1cc(CO)ccc1Oc1ccc(CN)nc1. The summed E-state index contributed by atoms with van der Waals surface area (Å²) >= 11 is 0. The standard InChI is InChI=1S/C14H16N2O3/c1-18-14-6-10(9-17)2-5-13(14)19-12-4-3-11(7-15)16-8-12/h2-6,8,17H,7,9,15H2,1H3. The van der Waals surface area contributed by atoms with Crippen molar-refractivity contribution in [2.45, 2.75) is 13.2 Å². The lowest BCUT2D eigenvalue weighted by Gasteiger charge is -2.11. The monoisotopic (exact) mass is 260 g/mol. The van der Waals surface area contributed by atoms with Gasteiger partial charge in [0.25, 0.3) is 0 Å². The second kappa shape index (κ2) is 6.17. The molecule has 5 nitrogen and oxygen atoms in total. The fourth-order valence-electron chi connectivity index (χ4n) is 1.61. The van der Waals surface area contributed by atoms with Crippen molar-refractivity contribution >= 4 is 0 Å². The molecule has 0 fully saturated rings. The average molecular weight is 260 g/mol. The molecule has 5 heteroatoms. The third kappa shape index (κ3) is 3.21. The van der Waals surface area contributed by atoms with Crippen molar-refractivity contribution in [2.75, 3.05) is 7.11 Å². The van der Waals surface area contributed by atoms with E-state index in [1.54, 1.807) is 37.6 Å². The van der Waals surface area contributed by atoms with Crippen LogP contribution in [0.2, 0.25) is 0 Å². The second-order valence-electron chi connectivity index (χ2n) is 3.93. The quantitative estimate of drug-likeness (QED) is 0.857. The van der Waals surface area contributed by atoms with E-state index in [0.29, 0.717) is 23.8 Å². The summed E-state index contributed by atoms with van der Waals surface area (Å²) in [6.07, 6.45) is 1.61. The molecule has 100 valence electrons. The minimum absolute atomic E-state index is 0.0383. The molecule has 0 saturated carbocycles. The van der Waals surface area contributed by atoms with Crippen molar-refractivity contribution in [3.8, 4) is 17.2 Å². The van der Waals surface area contributed by atoms with Crippen molar-refractivity contribution in [2.24, 2.45) is 5.73 Å². The number of rotatable bonds is 5. The number of pyridine rings is 1. The summed E-state index contributed by atoms with van der Waals surface area (Å²) in [6.45, 7) is 0.359. The van der Waals surface area contributed by atoms with Crippen LogP contribution in [-0.2, 0) is 13.2 Å². The summed E-state index contributed by atoms with van der Waals surface area (Å²) < 4.78 is 10.9. The van der Waals surface area contributed by atoms with Crippen molar-refractivity contribution < 1.29 is 14.6 Å². The number of nitrogens with zero attached hydrogens (tertiary/aromatic N) is 1. The minimum atomic E-state index is -0.0383. The van der Waals surface area contributed by atoms with Gasteiger partial charge in [-0.3, -0.25) is 4.98 Å². The van der Waals surface area contributed by atoms with Gasteiger partial charge in [0, 0.05) is 6.54 Å². The van der Waals surface area contributed by atoms with Crippen LogP contribution in [0.15, 0.2) is 36.5 Å². The van der Waals surface area contributed by atoms with Gasteiger partial charge in [-0.1, -0.05) is 6.07 Å². The van der Waals surface area contributed by atoms with E-state index in [2.05, 4.69) is 4.98 Å². The molecule has 2 aromatic rings. The molecule has 3 N–H and O–H groups in total. The van der Waals surface area contributed by atoms with Gasteiger partial charge in [-0.25, -0.2) is 0 Å². The zero-order valence-corrected chi connectivity index (χ0v) is 10.7. The molecule has 0 amide bonds. The highest BCUT2D eigenvalue weighted by Crippen LogP contribution is 2.32. The summed E-state index contributed by atoms with van der Waals surface area (Å²) in [6, 6.07) is 8.87. The van der Waals surface area contributed by atoms with Crippen LogP contribution in [0, 0.1) is 0 Å². The number of methoxy groups -OCH3 is 1. The maximum Gasteiger partial charge on any atom is 0.169 e. The lowest BCUT2D eigenvalue weighted by Crippen LogP contribution is -1.99. The van der Waals surface area contributed by atoms with Crippen LogP contribution in [0.5, 0.6) is 17.2 Å². The summed E-state index contributed by atoms with van der Waals surface area (Å²) in [7, 11) is 1.55. The number of benzene rings is 1. The molecule has 0 aliphatic carbocycles. The fraction of sp³-hybridized carbons (Fsp3) is 0.214. The Morgan fingerprint density at radius 3 is 2.63 bits per heavy atom. The van der Waals surface area contributed by atoms with Crippen molar-refractivity contribution in [3.63, 3.8) is 0 Å². The predicted molar refractivity (Wildman–Crippen MR) is 71.1 cm³/mol. The molecular formula is C14H16N2O3. The van der Waals surface area contributed by atoms with Gasteiger partial charge in [0.1, 0.15) is 5.75 Å². The molecule has 0 unspecified atom stereocenters. The maximum absolute atomic E-state index is 9.08. The average Bonchev–Trinajstić information content (AvgIpc) is 2.48. The van der Waals surface area contributed by atoms with E-state index in [4.69, 9.17) is 20.3 Å². The first-order chi connectivity index (χ1) is 9.26. The zero-order chi connectivity index (χ0) is 13.7. The zero-order valence-electron chi connectivity index (χ0n) is 10.7. The van der Waals surface area contributed by atoms with Crippen molar-refractivity contribution in [1.82, 2.24) is 4.98 Å². The van der Waals surface area contributed by atoms with Crippen LogP contribution in [0.4, 0.5) is 0 Å². The molecule has 0 aliphatic rings. The Morgan fingerprint density at radius 1 is 1.21 bits per heavy atom. The number of hydrogen-bond acceptors (Lipinski definition) is 5.